The lowest BCUT2D eigenvalue weighted by Gasteiger charge is -2.22. The third kappa shape index (κ3) is 5.47. The van der Waals surface area contributed by atoms with Crippen molar-refractivity contribution >= 4 is 27.5 Å². The molecule has 0 radical (unpaired) electrons. The molecule has 1 atom stereocenters. The van der Waals surface area contributed by atoms with E-state index in [0.29, 0.717) is 11.6 Å². The molecule has 0 bridgehead atoms. The normalized spacial score (nSPS) is 12.5. The molecule has 0 saturated carbocycles. The molecular formula is C18H21ClN2O3S. The number of rotatable bonds is 5. The van der Waals surface area contributed by atoms with Crippen LogP contribution in [-0.2, 0) is 16.4 Å². The minimum atomic E-state index is -3.23. The number of nitrogens with one attached hydrogen (secondary N) is 1. The monoisotopic (exact) mass is 380 g/mol. The Balaban J connectivity index is 1.99. The molecule has 0 aromatic heterocycles. The molecule has 0 aliphatic carbocycles. The highest BCUT2D eigenvalue weighted by Crippen LogP contribution is 2.17. The number of carbonyl (C=O) groups excluding carboxylic acids is 1. The molecule has 0 aliphatic rings. The average molecular weight is 381 g/mol. The van der Waals surface area contributed by atoms with Crippen molar-refractivity contribution in [3.8, 4) is 0 Å². The van der Waals surface area contributed by atoms with Crippen molar-refractivity contribution in [2.75, 3.05) is 13.3 Å². The summed E-state index contributed by atoms with van der Waals surface area (Å²) >= 11 is 5.96. The zero-order valence-electron chi connectivity index (χ0n) is 14.4. The summed E-state index contributed by atoms with van der Waals surface area (Å²) in [5, 5.41) is 3.52. The van der Waals surface area contributed by atoms with E-state index >= 15 is 0 Å². The first-order chi connectivity index (χ1) is 11.7. The highest BCUT2D eigenvalue weighted by molar-refractivity contribution is 7.90. The second kappa shape index (κ2) is 7.89. The van der Waals surface area contributed by atoms with Crippen molar-refractivity contribution in [1.29, 1.82) is 0 Å². The van der Waals surface area contributed by atoms with Crippen molar-refractivity contribution in [2.24, 2.45) is 0 Å². The quantitative estimate of drug-likeness (QED) is 0.860. The van der Waals surface area contributed by atoms with E-state index in [0.717, 1.165) is 17.4 Å². The first-order valence-corrected chi connectivity index (χ1v) is 10.00. The minimum Gasteiger partial charge on any atom is -0.331 e. The summed E-state index contributed by atoms with van der Waals surface area (Å²) in [7, 11) is -1.52. The van der Waals surface area contributed by atoms with Gasteiger partial charge in [-0.2, -0.15) is 0 Å². The summed E-state index contributed by atoms with van der Waals surface area (Å²) in [5.41, 5.74) is 1.77. The summed E-state index contributed by atoms with van der Waals surface area (Å²) < 4.78 is 23.0. The van der Waals surface area contributed by atoms with Gasteiger partial charge in [0.1, 0.15) is 0 Å². The molecule has 0 heterocycles. The van der Waals surface area contributed by atoms with E-state index in [2.05, 4.69) is 5.32 Å². The largest absolute Gasteiger partial charge is 0.331 e. The molecule has 0 spiro atoms. The van der Waals surface area contributed by atoms with Crippen molar-refractivity contribution in [1.82, 2.24) is 10.2 Å². The molecule has 2 aromatic rings. The van der Waals surface area contributed by atoms with E-state index in [4.69, 9.17) is 11.6 Å². The standard InChI is InChI=1S/C18H21ClN2O3S/c1-13(15-7-9-17(10-8-15)25(3,23)24)20-18(22)21(2)12-14-5-4-6-16(19)11-14/h4-11,13H,12H2,1-3H3,(H,20,22). The third-order valence-electron chi connectivity index (χ3n) is 3.80. The maximum atomic E-state index is 12.3. The van der Waals surface area contributed by atoms with E-state index in [1.807, 2.05) is 25.1 Å². The fourth-order valence-electron chi connectivity index (χ4n) is 2.36. The van der Waals surface area contributed by atoms with Crippen LogP contribution in [0.1, 0.15) is 24.1 Å². The fraction of sp³-hybridized carbons (Fsp3) is 0.278. The van der Waals surface area contributed by atoms with E-state index in [9.17, 15) is 13.2 Å². The highest BCUT2D eigenvalue weighted by Gasteiger charge is 2.15. The zero-order chi connectivity index (χ0) is 18.6. The number of hydrogen-bond acceptors (Lipinski definition) is 3. The SMILES string of the molecule is CC(NC(=O)N(C)Cc1cccc(Cl)c1)c1ccc(S(C)(=O)=O)cc1. The van der Waals surface area contributed by atoms with Crippen molar-refractivity contribution in [3.05, 3.63) is 64.7 Å². The Hall–Kier alpha value is -2.05. The summed E-state index contributed by atoms with van der Waals surface area (Å²) in [6, 6.07) is 13.4. The van der Waals surface area contributed by atoms with Crippen LogP contribution in [0.15, 0.2) is 53.4 Å². The van der Waals surface area contributed by atoms with Crippen molar-refractivity contribution in [2.45, 2.75) is 24.4 Å². The lowest BCUT2D eigenvalue weighted by atomic mass is 10.1. The molecule has 1 N–H and O–H groups in total. The fourth-order valence-corrected chi connectivity index (χ4v) is 3.21. The Labute approximate surface area is 153 Å². The van der Waals surface area contributed by atoms with Gasteiger partial charge in [0.2, 0.25) is 0 Å². The number of halogens is 1. The number of nitrogens with zero attached hydrogens (tertiary/aromatic N) is 1. The molecule has 0 fully saturated rings. The number of amides is 2. The van der Waals surface area contributed by atoms with Crippen LogP contribution in [0.4, 0.5) is 4.79 Å². The molecule has 2 rings (SSSR count). The lowest BCUT2D eigenvalue weighted by Crippen LogP contribution is -2.38. The van der Waals surface area contributed by atoms with Gasteiger partial charge in [0, 0.05) is 24.9 Å². The zero-order valence-corrected chi connectivity index (χ0v) is 15.9. The van der Waals surface area contributed by atoms with Crippen molar-refractivity contribution < 1.29 is 13.2 Å². The van der Waals surface area contributed by atoms with Gasteiger partial charge in [0.25, 0.3) is 0 Å². The van der Waals surface area contributed by atoms with Gasteiger partial charge in [-0.15, -0.1) is 0 Å². The number of urea groups is 1. The first kappa shape index (κ1) is 19.3. The van der Waals surface area contributed by atoms with Crippen LogP contribution in [-0.4, -0.2) is 32.7 Å². The van der Waals surface area contributed by atoms with Crippen LogP contribution in [0.5, 0.6) is 0 Å². The van der Waals surface area contributed by atoms with E-state index in [-0.39, 0.29) is 17.0 Å². The van der Waals surface area contributed by atoms with Crippen LogP contribution in [0.25, 0.3) is 0 Å². The topological polar surface area (TPSA) is 66.5 Å². The van der Waals surface area contributed by atoms with Crippen LogP contribution in [0.3, 0.4) is 0 Å². The molecule has 0 saturated heterocycles. The Morgan fingerprint density at radius 1 is 1.20 bits per heavy atom. The lowest BCUT2D eigenvalue weighted by molar-refractivity contribution is 0.203. The molecule has 2 amide bonds. The number of carbonyl (C=O) groups is 1. The molecule has 7 heteroatoms. The Morgan fingerprint density at radius 3 is 2.40 bits per heavy atom. The van der Waals surface area contributed by atoms with Gasteiger partial charge in [0.05, 0.1) is 10.9 Å². The summed E-state index contributed by atoms with van der Waals surface area (Å²) in [6.07, 6.45) is 1.16. The Morgan fingerprint density at radius 2 is 1.84 bits per heavy atom. The van der Waals surface area contributed by atoms with Crippen LogP contribution in [0.2, 0.25) is 5.02 Å². The maximum Gasteiger partial charge on any atom is 0.317 e. The first-order valence-electron chi connectivity index (χ1n) is 7.73. The van der Waals surface area contributed by atoms with Gasteiger partial charge < -0.3 is 10.2 Å². The van der Waals surface area contributed by atoms with Gasteiger partial charge in [-0.1, -0.05) is 35.9 Å². The van der Waals surface area contributed by atoms with Crippen LogP contribution in [0, 0.1) is 0 Å². The molecule has 2 aromatic carbocycles. The summed E-state index contributed by atoms with van der Waals surface area (Å²) in [5.74, 6) is 0. The molecule has 25 heavy (non-hydrogen) atoms. The van der Waals surface area contributed by atoms with Crippen LogP contribution >= 0.6 is 11.6 Å². The number of benzene rings is 2. The maximum absolute atomic E-state index is 12.3. The molecule has 1 unspecified atom stereocenters. The van der Waals surface area contributed by atoms with Gasteiger partial charge in [-0.3, -0.25) is 0 Å². The van der Waals surface area contributed by atoms with Gasteiger partial charge in [-0.05, 0) is 42.3 Å². The van der Waals surface area contributed by atoms with Gasteiger partial charge in [0.15, 0.2) is 9.84 Å². The second-order valence-electron chi connectivity index (χ2n) is 6.00. The number of sulfone groups is 1. The van der Waals surface area contributed by atoms with Crippen molar-refractivity contribution in [3.63, 3.8) is 0 Å². The molecule has 0 aliphatic heterocycles. The third-order valence-corrected chi connectivity index (χ3v) is 5.17. The molecule has 5 nitrogen and oxygen atoms in total. The minimum absolute atomic E-state index is 0.223. The average Bonchev–Trinajstić information content (AvgIpc) is 2.54. The Kier molecular flexibility index (Phi) is 6.08. The predicted octanol–water partition coefficient (Wildman–Crippen LogP) is 3.65. The van der Waals surface area contributed by atoms with E-state index < -0.39 is 9.84 Å². The summed E-state index contributed by atoms with van der Waals surface area (Å²) in [6.45, 7) is 2.28. The second-order valence-corrected chi connectivity index (χ2v) is 8.45. The Bertz CT molecular complexity index is 851. The molecule has 134 valence electrons. The predicted molar refractivity (Wildman–Crippen MR) is 99.4 cm³/mol. The smallest absolute Gasteiger partial charge is 0.317 e. The van der Waals surface area contributed by atoms with E-state index in [1.54, 1.807) is 42.3 Å². The molecular weight excluding hydrogens is 360 g/mol. The highest BCUT2D eigenvalue weighted by atomic mass is 35.5. The van der Waals surface area contributed by atoms with E-state index in [1.165, 1.54) is 0 Å². The number of hydrogen-bond donors (Lipinski definition) is 1. The van der Waals surface area contributed by atoms with Crippen LogP contribution < -0.4 is 5.32 Å². The van der Waals surface area contributed by atoms with Gasteiger partial charge >= 0.3 is 6.03 Å². The summed E-state index contributed by atoms with van der Waals surface area (Å²) in [4.78, 5) is 14.1. The van der Waals surface area contributed by atoms with Gasteiger partial charge in [-0.25, -0.2) is 13.2 Å².